The Morgan fingerprint density at radius 1 is 1.53 bits per heavy atom. The van der Waals surface area contributed by atoms with E-state index in [0.29, 0.717) is 17.7 Å². The topological polar surface area (TPSA) is 66.6 Å². The normalized spacial score (nSPS) is 20.4. The zero-order valence-corrected chi connectivity index (χ0v) is 10.0. The quantitative estimate of drug-likeness (QED) is 0.769. The molecule has 1 saturated heterocycles. The van der Waals surface area contributed by atoms with E-state index in [1.807, 2.05) is 0 Å². The van der Waals surface area contributed by atoms with Crippen molar-refractivity contribution in [1.29, 1.82) is 0 Å². The molecule has 4 heteroatoms. The van der Waals surface area contributed by atoms with Gasteiger partial charge in [0.25, 0.3) is 5.91 Å². The molecule has 2 rings (SSSR count). The van der Waals surface area contributed by atoms with E-state index in [4.69, 9.17) is 5.73 Å². The third-order valence-electron chi connectivity index (χ3n) is 3.28. The van der Waals surface area contributed by atoms with E-state index >= 15 is 0 Å². The van der Waals surface area contributed by atoms with Crippen LogP contribution in [0, 0.1) is 6.92 Å². The third-order valence-corrected chi connectivity index (χ3v) is 3.28. The molecule has 1 fully saturated rings. The van der Waals surface area contributed by atoms with Gasteiger partial charge < -0.3 is 15.7 Å². The maximum absolute atomic E-state index is 12.3. The molecule has 92 valence electrons. The number of carbonyl (C=O) groups excluding carboxylic acids is 1. The van der Waals surface area contributed by atoms with Crippen molar-refractivity contribution in [2.45, 2.75) is 25.8 Å². The molecule has 4 nitrogen and oxygen atoms in total. The summed E-state index contributed by atoms with van der Waals surface area (Å²) in [6.07, 6.45) is 1.92. The van der Waals surface area contributed by atoms with Gasteiger partial charge in [-0.15, -0.1) is 0 Å². The number of carbonyl (C=O) groups is 1. The number of benzene rings is 1. The maximum Gasteiger partial charge on any atom is 0.254 e. The average molecular weight is 234 g/mol. The number of hydrogen-bond acceptors (Lipinski definition) is 3. The number of nitrogens with zero attached hydrogens (tertiary/aromatic N) is 1. The lowest BCUT2D eigenvalue weighted by atomic mass is 10.0. The van der Waals surface area contributed by atoms with Crippen LogP contribution in [0.5, 0.6) is 5.75 Å². The molecule has 1 atom stereocenters. The summed E-state index contributed by atoms with van der Waals surface area (Å²) in [4.78, 5) is 14.1. The SMILES string of the molecule is Cc1c(O)cccc1C(=O)N1CCCC(N)C1. The number of hydrogen-bond donors (Lipinski definition) is 2. The van der Waals surface area contributed by atoms with Crippen LogP contribution in [-0.2, 0) is 0 Å². The van der Waals surface area contributed by atoms with Crippen LogP contribution in [0.2, 0.25) is 0 Å². The zero-order valence-electron chi connectivity index (χ0n) is 10.0. The standard InChI is InChI=1S/C13H18N2O2/c1-9-11(5-2-6-12(9)16)13(17)15-7-3-4-10(14)8-15/h2,5-6,10,16H,3-4,7-8,14H2,1H3. The van der Waals surface area contributed by atoms with Crippen LogP contribution in [0.25, 0.3) is 0 Å². The minimum Gasteiger partial charge on any atom is -0.508 e. The molecule has 1 aromatic carbocycles. The van der Waals surface area contributed by atoms with E-state index in [1.54, 1.807) is 30.0 Å². The van der Waals surface area contributed by atoms with E-state index in [2.05, 4.69) is 0 Å². The predicted molar refractivity (Wildman–Crippen MR) is 66.0 cm³/mol. The minimum absolute atomic E-state index is 0.0337. The van der Waals surface area contributed by atoms with Crippen LogP contribution >= 0.6 is 0 Å². The first kappa shape index (κ1) is 11.9. The monoisotopic (exact) mass is 234 g/mol. The van der Waals surface area contributed by atoms with Crippen LogP contribution in [0.3, 0.4) is 0 Å². The number of phenols is 1. The van der Waals surface area contributed by atoms with Gasteiger partial charge in [-0.05, 0) is 31.9 Å². The van der Waals surface area contributed by atoms with Gasteiger partial charge in [0.15, 0.2) is 0 Å². The highest BCUT2D eigenvalue weighted by Gasteiger charge is 2.23. The van der Waals surface area contributed by atoms with E-state index in [1.165, 1.54) is 0 Å². The van der Waals surface area contributed by atoms with Gasteiger partial charge in [-0.25, -0.2) is 0 Å². The molecule has 1 aliphatic rings. The van der Waals surface area contributed by atoms with Crippen molar-refractivity contribution in [1.82, 2.24) is 4.90 Å². The molecule has 1 amide bonds. The Balaban J connectivity index is 2.22. The molecule has 0 aliphatic carbocycles. The second kappa shape index (κ2) is 4.75. The summed E-state index contributed by atoms with van der Waals surface area (Å²) >= 11 is 0. The van der Waals surface area contributed by atoms with Gasteiger partial charge in [-0.2, -0.15) is 0 Å². The Labute approximate surface area is 101 Å². The fourth-order valence-electron chi connectivity index (χ4n) is 2.22. The fraction of sp³-hybridized carbons (Fsp3) is 0.462. The molecule has 1 unspecified atom stereocenters. The second-order valence-electron chi connectivity index (χ2n) is 4.60. The minimum atomic E-state index is -0.0337. The van der Waals surface area contributed by atoms with Crippen LogP contribution in [0.1, 0.15) is 28.8 Å². The second-order valence-corrected chi connectivity index (χ2v) is 4.60. The summed E-state index contributed by atoms with van der Waals surface area (Å²) in [6, 6.07) is 5.11. The first-order valence-corrected chi connectivity index (χ1v) is 5.93. The van der Waals surface area contributed by atoms with Gasteiger partial charge in [0.05, 0.1) is 0 Å². The van der Waals surface area contributed by atoms with E-state index in [0.717, 1.165) is 19.4 Å². The van der Waals surface area contributed by atoms with Crippen LogP contribution in [0.15, 0.2) is 18.2 Å². The average Bonchev–Trinajstić information content (AvgIpc) is 2.32. The van der Waals surface area contributed by atoms with Crippen molar-refractivity contribution in [2.24, 2.45) is 5.73 Å². The highest BCUT2D eigenvalue weighted by Crippen LogP contribution is 2.22. The summed E-state index contributed by atoms with van der Waals surface area (Å²) in [6.45, 7) is 3.11. The molecular weight excluding hydrogens is 216 g/mol. The molecule has 17 heavy (non-hydrogen) atoms. The zero-order chi connectivity index (χ0) is 12.4. The molecule has 1 heterocycles. The summed E-state index contributed by atoms with van der Waals surface area (Å²) < 4.78 is 0. The summed E-state index contributed by atoms with van der Waals surface area (Å²) in [5.74, 6) is 0.130. The molecule has 0 radical (unpaired) electrons. The molecule has 0 bridgehead atoms. The predicted octanol–water partition coefficient (Wildman–Crippen LogP) is 1.26. The smallest absolute Gasteiger partial charge is 0.254 e. The first-order valence-electron chi connectivity index (χ1n) is 5.93. The Morgan fingerprint density at radius 3 is 3.00 bits per heavy atom. The van der Waals surface area contributed by atoms with Crippen molar-refractivity contribution in [3.8, 4) is 5.75 Å². The lowest BCUT2D eigenvalue weighted by Crippen LogP contribution is -2.45. The highest BCUT2D eigenvalue weighted by atomic mass is 16.3. The van der Waals surface area contributed by atoms with Crippen LogP contribution in [-0.4, -0.2) is 35.0 Å². The van der Waals surface area contributed by atoms with E-state index in [9.17, 15) is 9.90 Å². The number of aromatic hydroxyl groups is 1. The van der Waals surface area contributed by atoms with Crippen molar-refractivity contribution < 1.29 is 9.90 Å². The van der Waals surface area contributed by atoms with Crippen molar-refractivity contribution in [3.63, 3.8) is 0 Å². The number of likely N-dealkylation sites (tertiary alicyclic amines) is 1. The van der Waals surface area contributed by atoms with Crippen LogP contribution in [0.4, 0.5) is 0 Å². The fourth-order valence-corrected chi connectivity index (χ4v) is 2.22. The van der Waals surface area contributed by atoms with Gasteiger partial charge in [-0.3, -0.25) is 4.79 Å². The van der Waals surface area contributed by atoms with Gasteiger partial charge in [0.1, 0.15) is 5.75 Å². The van der Waals surface area contributed by atoms with Crippen molar-refractivity contribution in [2.75, 3.05) is 13.1 Å². The van der Waals surface area contributed by atoms with E-state index < -0.39 is 0 Å². The number of nitrogens with two attached hydrogens (primary N) is 1. The Bertz CT molecular complexity index is 431. The molecule has 1 aromatic rings. The summed E-state index contributed by atoms with van der Waals surface area (Å²) in [7, 11) is 0. The maximum atomic E-state index is 12.3. The molecule has 3 N–H and O–H groups in total. The largest absolute Gasteiger partial charge is 0.508 e. The molecular formula is C13H18N2O2. The van der Waals surface area contributed by atoms with Gasteiger partial charge >= 0.3 is 0 Å². The summed E-state index contributed by atoms with van der Waals surface area (Å²) in [5.41, 5.74) is 7.07. The number of amides is 1. The third kappa shape index (κ3) is 2.42. The van der Waals surface area contributed by atoms with Gasteiger partial charge in [0.2, 0.25) is 0 Å². The number of rotatable bonds is 1. The summed E-state index contributed by atoms with van der Waals surface area (Å²) in [5, 5.41) is 9.60. The number of piperidine rings is 1. The Hall–Kier alpha value is -1.55. The van der Waals surface area contributed by atoms with E-state index in [-0.39, 0.29) is 17.7 Å². The first-order chi connectivity index (χ1) is 8.09. The molecule has 0 saturated carbocycles. The van der Waals surface area contributed by atoms with Crippen molar-refractivity contribution in [3.05, 3.63) is 29.3 Å². The highest BCUT2D eigenvalue weighted by molar-refractivity contribution is 5.96. The lowest BCUT2D eigenvalue weighted by molar-refractivity contribution is 0.0707. The molecule has 1 aliphatic heterocycles. The lowest BCUT2D eigenvalue weighted by Gasteiger charge is -2.31. The van der Waals surface area contributed by atoms with Crippen molar-refractivity contribution >= 4 is 5.91 Å². The molecule has 0 spiro atoms. The Kier molecular flexibility index (Phi) is 3.33. The van der Waals surface area contributed by atoms with Crippen LogP contribution < -0.4 is 5.73 Å². The van der Waals surface area contributed by atoms with Gasteiger partial charge in [0, 0.05) is 30.3 Å². The number of phenolic OH excluding ortho intramolecular Hbond substituents is 1. The molecule has 0 aromatic heterocycles. The Morgan fingerprint density at radius 2 is 2.29 bits per heavy atom. The van der Waals surface area contributed by atoms with Gasteiger partial charge in [-0.1, -0.05) is 6.07 Å².